The predicted molar refractivity (Wildman–Crippen MR) is 181 cm³/mol. The third kappa shape index (κ3) is 8.87. The van der Waals surface area contributed by atoms with Crippen molar-refractivity contribution < 1.29 is 18.0 Å². The molecule has 0 aliphatic carbocycles. The second-order valence-electron chi connectivity index (χ2n) is 11.0. The summed E-state index contributed by atoms with van der Waals surface area (Å²) in [7, 11) is -4.24. The Balaban J connectivity index is 1.82. The molecule has 7 nitrogen and oxygen atoms in total. The normalized spacial score (nSPS) is 12.6. The second-order valence-corrected chi connectivity index (χ2v) is 13.6. The van der Waals surface area contributed by atoms with Crippen molar-refractivity contribution in [3.63, 3.8) is 0 Å². The molecule has 4 rings (SSSR count). The van der Waals surface area contributed by atoms with E-state index in [0.29, 0.717) is 6.42 Å². The topological polar surface area (TPSA) is 86.8 Å². The SMILES string of the molecule is CC[C@H](C)NC(=O)[C@H](Cc1ccccc1)N(Cc1cccc(C)c1)C(=O)CN(c1ccc(Cl)c(Cl)c1)S(=O)(=O)c1ccccc1. The van der Waals surface area contributed by atoms with E-state index >= 15 is 0 Å². The molecule has 0 aliphatic heterocycles. The highest BCUT2D eigenvalue weighted by Gasteiger charge is 2.35. The number of halogens is 2. The number of carbonyl (C=O) groups excluding carboxylic acids is 2. The van der Waals surface area contributed by atoms with E-state index in [2.05, 4.69) is 5.32 Å². The van der Waals surface area contributed by atoms with Gasteiger partial charge in [-0.1, -0.05) is 108 Å². The molecule has 2 amide bonds. The van der Waals surface area contributed by atoms with Gasteiger partial charge in [0.15, 0.2) is 0 Å². The lowest BCUT2D eigenvalue weighted by atomic mass is 10.0. The molecule has 2 atom stereocenters. The van der Waals surface area contributed by atoms with Gasteiger partial charge in [0, 0.05) is 19.0 Å². The van der Waals surface area contributed by atoms with Gasteiger partial charge in [0.1, 0.15) is 12.6 Å². The summed E-state index contributed by atoms with van der Waals surface area (Å²) in [5, 5.41) is 3.43. The molecule has 1 N–H and O–H groups in total. The van der Waals surface area contributed by atoms with Crippen LogP contribution in [0.4, 0.5) is 5.69 Å². The Labute approximate surface area is 275 Å². The van der Waals surface area contributed by atoms with Gasteiger partial charge in [-0.3, -0.25) is 13.9 Å². The first kappa shape index (κ1) is 34.0. The number of rotatable bonds is 13. The average Bonchev–Trinajstić information content (AvgIpc) is 3.03. The molecule has 236 valence electrons. The first-order valence-electron chi connectivity index (χ1n) is 14.7. The summed E-state index contributed by atoms with van der Waals surface area (Å²) < 4.78 is 29.2. The van der Waals surface area contributed by atoms with Crippen LogP contribution in [0.25, 0.3) is 0 Å². The molecule has 45 heavy (non-hydrogen) atoms. The second kappa shape index (κ2) is 15.4. The Morgan fingerprint density at radius 1 is 0.822 bits per heavy atom. The van der Waals surface area contributed by atoms with Crippen LogP contribution in [0.2, 0.25) is 10.0 Å². The Hall–Kier alpha value is -3.85. The summed E-state index contributed by atoms with van der Waals surface area (Å²) in [6.07, 6.45) is 0.939. The molecule has 0 heterocycles. The summed E-state index contributed by atoms with van der Waals surface area (Å²) in [5.41, 5.74) is 2.83. The van der Waals surface area contributed by atoms with Crippen LogP contribution >= 0.6 is 23.2 Å². The predicted octanol–water partition coefficient (Wildman–Crippen LogP) is 7.05. The number of aryl methyl sites for hydroxylation is 1. The Kier molecular flexibility index (Phi) is 11.7. The molecule has 4 aromatic rings. The summed E-state index contributed by atoms with van der Waals surface area (Å²) >= 11 is 12.5. The summed E-state index contributed by atoms with van der Waals surface area (Å²) in [6, 6.07) is 28.3. The van der Waals surface area contributed by atoms with Crippen LogP contribution in [-0.2, 0) is 32.6 Å². The molecule has 0 spiro atoms. The van der Waals surface area contributed by atoms with Crippen molar-refractivity contribution in [1.29, 1.82) is 0 Å². The van der Waals surface area contributed by atoms with Crippen LogP contribution in [0.15, 0.2) is 108 Å². The maximum atomic E-state index is 14.5. The van der Waals surface area contributed by atoms with Crippen molar-refractivity contribution in [2.24, 2.45) is 0 Å². The van der Waals surface area contributed by atoms with Crippen molar-refractivity contribution in [3.05, 3.63) is 130 Å². The van der Waals surface area contributed by atoms with E-state index in [9.17, 15) is 18.0 Å². The molecule has 0 aromatic heterocycles. The van der Waals surface area contributed by atoms with Gasteiger partial charge in [-0.2, -0.15) is 0 Å². The van der Waals surface area contributed by atoms with E-state index < -0.39 is 28.5 Å². The molecule has 10 heteroatoms. The molecule has 0 aliphatic rings. The minimum absolute atomic E-state index is 0.00413. The molecule has 0 radical (unpaired) electrons. The van der Waals surface area contributed by atoms with Gasteiger partial charge in [-0.15, -0.1) is 0 Å². The summed E-state index contributed by atoms with van der Waals surface area (Å²) in [4.78, 5) is 29.9. The highest BCUT2D eigenvalue weighted by Crippen LogP contribution is 2.31. The Morgan fingerprint density at radius 3 is 2.09 bits per heavy atom. The monoisotopic (exact) mass is 665 g/mol. The van der Waals surface area contributed by atoms with Crippen LogP contribution in [-0.4, -0.2) is 43.8 Å². The maximum Gasteiger partial charge on any atom is 0.264 e. The van der Waals surface area contributed by atoms with Crippen LogP contribution in [0, 0.1) is 6.92 Å². The number of nitrogens with zero attached hydrogens (tertiary/aromatic N) is 2. The van der Waals surface area contributed by atoms with Crippen molar-refractivity contribution in [1.82, 2.24) is 10.2 Å². The number of carbonyl (C=O) groups is 2. The van der Waals surface area contributed by atoms with Gasteiger partial charge in [-0.05, 0) is 61.7 Å². The van der Waals surface area contributed by atoms with Crippen molar-refractivity contribution in [2.75, 3.05) is 10.8 Å². The van der Waals surface area contributed by atoms with Crippen LogP contribution in [0.5, 0.6) is 0 Å². The molecule has 0 bridgehead atoms. The lowest BCUT2D eigenvalue weighted by Crippen LogP contribution is -2.54. The number of nitrogens with one attached hydrogen (secondary N) is 1. The number of hydrogen-bond acceptors (Lipinski definition) is 4. The van der Waals surface area contributed by atoms with Gasteiger partial charge >= 0.3 is 0 Å². The Bertz CT molecular complexity index is 1720. The number of benzene rings is 4. The van der Waals surface area contributed by atoms with Crippen molar-refractivity contribution >= 4 is 50.7 Å². The zero-order valence-corrected chi connectivity index (χ0v) is 27.8. The molecule has 0 saturated carbocycles. The highest BCUT2D eigenvalue weighted by atomic mass is 35.5. The minimum Gasteiger partial charge on any atom is -0.352 e. The lowest BCUT2D eigenvalue weighted by molar-refractivity contribution is -0.140. The standard InChI is InChI=1S/C35H37Cl2N3O4S/c1-4-26(3)38-35(42)33(21-27-13-7-5-8-14-27)39(23-28-15-11-12-25(2)20-28)34(41)24-40(29-18-19-31(36)32(37)22-29)45(43,44)30-16-9-6-10-17-30/h5-20,22,26,33H,4,21,23-24H2,1-3H3,(H,38,42)/t26-,33-/m0/s1. The summed E-state index contributed by atoms with van der Waals surface area (Å²) in [5.74, 6) is -0.872. The fraction of sp³-hybridized carbons (Fsp3) is 0.257. The van der Waals surface area contributed by atoms with Crippen LogP contribution in [0.1, 0.15) is 37.0 Å². The zero-order chi connectivity index (χ0) is 32.6. The number of amides is 2. The smallest absolute Gasteiger partial charge is 0.264 e. The first-order valence-corrected chi connectivity index (χ1v) is 16.9. The number of hydrogen-bond donors (Lipinski definition) is 1. The van der Waals surface area contributed by atoms with Crippen LogP contribution in [0.3, 0.4) is 0 Å². The largest absolute Gasteiger partial charge is 0.352 e. The van der Waals surface area contributed by atoms with Crippen molar-refractivity contribution in [2.45, 2.75) is 57.1 Å². The van der Waals surface area contributed by atoms with Gasteiger partial charge in [0.05, 0.1) is 20.6 Å². The number of anilines is 1. The van der Waals surface area contributed by atoms with Gasteiger partial charge in [0.2, 0.25) is 11.8 Å². The van der Waals surface area contributed by atoms with Gasteiger partial charge < -0.3 is 10.2 Å². The van der Waals surface area contributed by atoms with Gasteiger partial charge in [0.25, 0.3) is 10.0 Å². The van der Waals surface area contributed by atoms with E-state index in [1.165, 1.54) is 35.2 Å². The first-order chi connectivity index (χ1) is 21.5. The van der Waals surface area contributed by atoms with E-state index in [1.54, 1.807) is 18.2 Å². The molecular formula is C35H37Cl2N3O4S. The lowest BCUT2D eigenvalue weighted by Gasteiger charge is -2.34. The minimum atomic E-state index is -4.24. The Morgan fingerprint density at radius 2 is 1.47 bits per heavy atom. The average molecular weight is 667 g/mol. The quantitative estimate of drug-likeness (QED) is 0.166. The van der Waals surface area contributed by atoms with E-state index in [4.69, 9.17) is 23.2 Å². The van der Waals surface area contributed by atoms with Crippen molar-refractivity contribution in [3.8, 4) is 0 Å². The highest BCUT2D eigenvalue weighted by molar-refractivity contribution is 7.92. The molecule has 0 unspecified atom stereocenters. The third-order valence-electron chi connectivity index (χ3n) is 7.51. The fourth-order valence-corrected chi connectivity index (χ4v) is 6.61. The summed E-state index contributed by atoms with van der Waals surface area (Å²) in [6.45, 7) is 5.33. The van der Waals surface area contributed by atoms with Gasteiger partial charge in [-0.25, -0.2) is 8.42 Å². The van der Waals surface area contributed by atoms with E-state index in [0.717, 1.165) is 21.0 Å². The van der Waals surface area contributed by atoms with E-state index in [-0.39, 0.29) is 45.5 Å². The zero-order valence-electron chi connectivity index (χ0n) is 25.5. The van der Waals surface area contributed by atoms with E-state index in [1.807, 2.05) is 75.4 Å². The maximum absolute atomic E-state index is 14.5. The molecule has 0 saturated heterocycles. The fourth-order valence-electron chi connectivity index (χ4n) is 4.89. The number of sulfonamides is 1. The molecule has 0 fully saturated rings. The molecule has 4 aromatic carbocycles. The molecular weight excluding hydrogens is 629 g/mol. The van der Waals surface area contributed by atoms with Crippen LogP contribution < -0.4 is 9.62 Å². The third-order valence-corrected chi connectivity index (χ3v) is 10.0.